The summed E-state index contributed by atoms with van der Waals surface area (Å²) in [5.41, 5.74) is 2.61. The Morgan fingerprint density at radius 2 is 2.15 bits per heavy atom. The molecule has 1 atom stereocenters. The fourth-order valence-electron chi connectivity index (χ4n) is 5.57. The van der Waals surface area contributed by atoms with Crippen molar-refractivity contribution in [1.82, 2.24) is 9.88 Å². The molecule has 3 aliphatic rings. The highest BCUT2D eigenvalue weighted by Crippen LogP contribution is 2.38. The number of nitrogens with one attached hydrogen (secondary N) is 1. The van der Waals surface area contributed by atoms with Crippen LogP contribution in [0.25, 0.3) is 10.9 Å². The Labute approximate surface area is 235 Å². The topological polar surface area (TPSA) is 80.7 Å². The molecule has 3 aliphatic heterocycles. The van der Waals surface area contributed by atoms with Crippen LogP contribution in [0.15, 0.2) is 64.0 Å². The number of aryl methyl sites for hydroxylation is 1. The van der Waals surface area contributed by atoms with Gasteiger partial charge in [-0.3, -0.25) is 4.99 Å². The molecule has 4 heterocycles. The van der Waals surface area contributed by atoms with E-state index < -0.39 is 11.9 Å². The number of nitrogens with zero attached hydrogens (tertiary/aromatic N) is 3. The first-order valence-electron chi connectivity index (χ1n) is 14.0. The first kappa shape index (κ1) is 28.1. The second-order valence-electron chi connectivity index (χ2n) is 10.9. The van der Waals surface area contributed by atoms with Crippen LogP contribution in [0.4, 0.5) is 4.39 Å². The number of H-pyrrole nitrogens is 1. The van der Waals surface area contributed by atoms with E-state index in [4.69, 9.17) is 18.9 Å². The number of fused-ring (bicyclic) bond motifs is 1. The molecule has 40 heavy (non-hydrogen) atoms. The third kappa shape index (κ3) is 6.15. The smallest absolute Gasteiger partial charge is 0.226 e. The maximum atomic E-state index is 15.3. The van der Waals surface area contributed by atoms with E-state index in [9.17, 15) is 0 Å². The SMILES string of the molecule is C=CC1N=CN=C(Oc2ccc3[nH]c(C)cc3c2F)/C1=C/C(OC)=C(\C)OCCCN1CCCC2(CC1)COC2. The monoisotopic (exact) mass is 550 g/mol. The summed E-state index contributed by atoms with van der Waals surface area (Å²) >= 11 is 0. The van der Waals surface area contributed by atoms with Crippen LogP contribution in [0.5, 0.6) is 5.75 Å². The van der Waals surface area contributed by atoms with Crippen molar-refractivity contribution in [3.63, 3.8) is 0 Å². The van der Waals surface area contributed by atoms with Crippen LogP contribution in [0.2, 0.25) is 0 Å². The lowest BCUT2D eigenvalue weighted by atomic mass is 9.79. The predicted molar refractivity (Wildman–Crippen MR) is 155 cm³/mol. The molecule has 2 saturated heterocycles. The molecule has 0 bridgehead atoms. The molecule has 8 nitrogen and oxygen atoms in total. The van der Waals surface area contributed by atoms with Crippen molar-refractivity contribution in [3.05, 3.63) is 65.5 Å². The van der Waals surface area contributed by atoms with Gasteiger partial charge in [0.15, 0.2) is 17.3 Å². The Morgan fingerprint density at radius 3 is 2.90 bits per heavy atom. The van der Waals surface area contributed by atoms with Gasteiger partial charge in [-0.25, -0.2) is 9.38 Å². The van der Waals surface area contributed by atoms with Crippen molar-refractivity contribution in [1.29, 1.82) is 0 Å². The average molecular weight is 551 g/mol. The molecule has 1 N–H and O–H groups in total. The van der Waals surface area contributed by atoms with E-state index in [-0.39, 0.29) is 11.6 Å². The number of allylic oxidation sites excluding steroid dienone is 2. The second-order valence-corrected chi connectivity index (χ2v) is 10.9. The highest BCUT2D eigenvalue weighted by molar-refractivity contribution is 6.03. The van der Waals surface area contributed by atoms with E-state index in [2.05, 4.69) is 26.4 Å². The van der Waals surface area contributed by atoms with Crippen LogP contribution in [-0.4, -0.2) is 74.7 Å². The minimum Gasteiger partial charge on any atom is -0.494 e. The van der Waals surface area contributed by atoms with Crippen LogP contribution in [-0.2, 0) is 14.2 Å². The minimum absolute atomic E-state index is 0.0782. The van der Waals surface area contributed by atoms with Crippen LogP contribution in [0.1, 0.15) is 38.3 Å². The zero-order valence-corrected chi connectivity index (χ0v) is 23.7. The Morgan fingerprint density at radius 1 is 1.30 bits per heavy atom. The molecule has 1 unspecified atom stereocenters. The lowest BCUT2D eigenvalue weighted by molar-refractivity contribution is -0.119. The maximum absolute atomic E-state index is 15.3. The number of aliphatic imine (C=N–C) groups is 2. The van der Waals surface area contributed by atoms with Gasteiger partial charge in [0, 0.05) is 34.1 Å². The zero-order valence-electron chi connectivity index (χ0n) is 23.7. The summed E-state index contributed by atoms with van der Waals surface area (Å²) in [6.45, 7) is 13.3. The third-order valence-electron chi connectivity index (χ3n) is 7.98. The molecule has 2 fully saturated rings. The summed E-state index contributed by atoms with van der Waals surface area (Å²) in [6, 6.07) is 4.70. The fraction of sp³-hybridized carbons (Fsp3) is 0.484. The fourth-order valence-corrected chi connectivity index (χ4v) is 5.57. The molecular weight excluding hydrogens is 511 g/mol. The number of hydrogen-bond donors (Lipinski definition) is 1. The van der Waals surface area contributed by atoms with Gasteiger partial charge in [-0.1, -0.05) is 6.08 Å². The Kier molecular flexibility index (Phi) is 8.71. The van der Waals surface area contributed by atoms with Crippen molar-refractivity contribution in [2.24, 2.45) is 15.4 Å². The van der Waals surface area contributed by atoms with Crippen LogP contribution in [0, 0.1) is 18.2 Å². The average Bonchev–Trinajstić information content (AvgIpc) is 3.18. The molecule has 0 saturated carbocycles. The number of methoxy groups -OCH3 is 1. The number of ether oxygens (including phenoxy) is 4. The molecular formula is C31H39FN4O4. The van der Waals surface area contributed by atoms with Crippen molar-refractivity contribution in [3.8, 4) is 5.75 Å². The first-order valence-corrected chi connectivity index (χ1v) is 14.0. The summed E-state index contributed by atoms with van der Waals surface area (Å²) in [4.78, 5) is 14.4. The van der Waals surface area contributed by atoms with Crippen LogP contribution >= 0.6 is 0 Å². The predicted octanol–water partition coefficient (Wildman–Crippen LogP) is 5.70. The van der Waals surface area contributed by atoms with Gasteiger partial charge < -0.3 is 28.8 Å². The molecule has 214 valence electrons. The Hall–Kier alpha value is -3.43. The van der Waals surface area contributed by atoms with E-state index in [0.29, 0.717) is 40.0 Å². The van der Waals surface area contributed by atoms with E-state index >= 15 is 4.39 Å². The summed E-state index contributed by atoms with van der Waals surface area (Å²) in [5.74, 6) is 1.01. The molecule has 1 aromatic carbocycles. The number of rotatable bonds is 9. The number of benzene rings is 1. The van der Waals surface area contributed by atoms with E-state index in [1.54, 1.807) is 37.5 Å². The summed E-state index contributed by atoms with van der Waals surface area (Å²) in [6.07, 6.45) is 9.50. The molecule has 0 aliphatic carbocycles. The van der Waals surface area contributed by atoms with Gasteiger partial charge in [-0.2, -0.15) is 0 Å². The number of likely N-dealkylation sites (tertiary alicyclic amines) is 1. The quantitative estimate of drug-likeness (QED) is 0.246. The van der Waals surface area contributed by atoms with Gasteiger partial charge in [0.25, 0.3) is 0 Å². The number of aromatic amines is 1. The van der Waals surface area contributed by atoms with E-state index in [1.165, 1.54) is 25.6 Å². The lowest BCUT2D eigenvalue weighted by Crippen LogP contribution is -2.43. The van der Waals surface area contributed by atoms with Crippen molar-refractivity contribution in [2.75, 3.05) is 46.6 Å². The molecule has 1 aromatic heterocycles. The highest BCUT2D eigenvalue weighted by atomic mass is 19.1. The maximum Gasteiger partial charge on any atom is 0.226 e. The second kappa shape index (κ2) is 12.4. The zero-order chi connectivity index (χ0) is 28.1. The molecule has 0 amide bonds. The molecule has 1 spiro atoms. The van der Waals surface area contributed by atoms with E-state index in [0.717, 1.165) is 45.0 Å². The Bertz CT molecular complexity index is 1350. The van der Waals surface area contributed by atoms with Gasteiger partial charge in [0.2, 0.25) is 5.90 Å². The van der Waals surface area contributed by atoms with Gasteiger partial charge in [-0.05, 0) is 76.9 Å². The van der Waals surface area contributed by atoms with Crippen molar-refractivity contribution < 1.29 is 23.3 Å². The van der Waals surface area contributed by atoms with Crippen molar-refractivity contribution >= 4 is 23.1 Å². The largest absolute Gasteiger partial charge is 0.494 e. The van der Waals surface area contributed by atoms with E-state index in [1.807, 2.05) is 13.8 Å². The van der Waals surface area contributed by atoms with Gasteiger partial charge in [0.1, 0.15) is 12.1 Å². The van der Waals surface area contributed by atoms with Crippen LogP contribution < -0.4 is 4.74 Å². The summed E-state index contributed by atoms with van der Waals surface area (Å²) < 4.78 is 38.5. The number of halogens is 1. The molecule has 0 radical (unpaired) electrons. The molecule has 9 heteroatoms. The van der Waals surface area contributed by atoms with Gasteiger partial charge >= 0.3 is 0 Å². The normalized spacial score (nSPS) is 22.4. The van der Waals surface area contributed by atoms with Gasteiger partial charge in [0.05, 0.1) is 33.0 Å². The number of aromatic nitrogens is 1. The Balaban J connectivity index is 1.25. The first-order chi connectivity index (χ1) is 19.4. The number of hydrogen-bond acceptors (Lipinski definition) is 7. The summed E-state index contributed by atoms with van der Waals surface area (Å²) in [7, 11) is 1.59. The molecule has 2 aromatic rings. The standard InChI is InChI=1S/C31H39FN4O4/c1-5-25-24(30(34-20-33-25)40-27-9-8-26-23(29(27)32)16-21(2)35-26)17-28(37-4)22(3)39-15-7-13-36-12-6-10-31(11-14-36)18-38-19-31/h5,8-9,16-17,20,25,35H,1,6-7,10-15,18-19H2,2-4H3/b24-17+,28-22-. The summed E-state index contributed by atoms with van der Waals surface area (Å²) in [5, 5.41) is 0.462. The van der Waals surface area contributed by atoms with Crippen molar-refractivity contribution in [2.45, 2.75) is 45.6 Å². The van der Waals surface area contributed by atoms with Gasteiger partial charge in [-0.15, -0.1) is 6.58 Å². The molecule has 5 rings (SSSR count). The highest BCUT2D eigenvalue weighted by Gasteiger charge is 2.39. The minimum atomic E-state index is -0.454. The lowest BCUT2D eigenvalue weighted by Gasteiger charge is -2.40. The third-order valence-corrected chi connectivity index (χ3v) is 7.98. The van der Waals surface area contributed by atoms with Crippen LogP contribution in [0.3, 0.4) is 0 Å².